The number of fused-ring (bicyclic) bond motifs is 1. The summed E-state index contributed by atoms with van der Waals surface area (Å²) in [4.78, 5) is 4.91. The van der Waals surface area contributed by atoms with Crippen molar-refractivity contribution in [1.82, 2.24) is 9.55 Å². The van der Waals surface area contributed by atoms with Gasteiger partial charge in [-0.1, -0.05) is 35.9 Å². The minimum absolute atomic E-state index is 0.801. The minimum Gasteiger partial charge on any atom is -0.497 e. The van der Waals surface area contributed by atoms with Crippen molar-refractivity contribution in [3.63, 3.8) is 0 Å². The number of hydrogen-bond donors (Lipinski definition) is 0. The molecule has 0 spiro atoms. The van der Waals surface area contributed by atoms with E-state index in [1.807, 2.05) is 18.2 Å². The molecule has 4 aromatic rings. The van der Waals surface area contributed by atoms with Crippen LogP contribution in [0.2, 0.25) is 0 Å². The van der Waals surface area contributed by atoms with E-state index in [0.717, 1.165) is 34.7 Å². The number of aromatic nitrogens is 2. The van der Waals surface area contributed by atoms with Crippen molar-refractivity contribution in [3.8, 4) is 17.1 Å². The molecule has 26 heavy (non-hydrogen) atoms. The summed E-state index contributed by atoms with van der Waals surface area (Å²) in [5.74, 6) is 1.83. The lowest BCUT2D eigenvalue weighted by Gasteiger charge is -2.13. The van der Waals surface area contributed by atoms with E-state index in [1.165, 1.54) is 16.7 Å². The second kappa shape index (κ2) is 6.68. The fourth-order valence-corrected chi connectivity index (χ4v) is 3.34. The molecule has 0 radical (unpaired) electrons. The zero-order chi connectivity index (χ0) is 18.1. The summed E-state index contributed by atoms with van der Waals surface area (Å²) in [6, 6.07) is 23.0. The molecule has 1 aromatic heterocycles. The molecule has 1 heterocycles. The Bertz CT molecular complexity index is 1060. The van der Waals surface area contributed by atoms with Crippen LogP contribution in [0.5, 0.6) is 5.75 Å². The van der Waals surface area contributed by atoms with Gasteiger partial charge in [0, 0.05) is 12.1 Å². The van der Waals surface area contributed by atoms with Crippen molar-refractivity contribution in [3.05, 3.63) is 83.4 Å². The highest BCUT2D eigenvalue weighted by atomic mass is 16.5. The lowest BCUT2D eigenvalue weighted by Crippen LogP contribution is -2.04. The average Bonchev–Trinajstić information content (AvgIpc) is 3.03. The second-order valence-corrected chi connectivity index (χ2v) is 6.67. The average molecular weight is 342 g/mol. The van der Waals surface area contributed by atoms with Gasteiger partial charge in [-0.2, -0.15) is 0 Å². The summed E-state index contributed by atoms with van der Waals surface area (Å²) in [5.41, 5.74) is 7.16. The first-order valence-electron chi connectivity index (χ1n) is 8.81. The molecule has 3 aromatic carbocycles. The number of para-hydroxylation sites is 2. The number of aryl methyl sites for hydroxylation is 2. The Labute approximate surface area is 153 Å². The van der Waals surface area contributed by atoms with Gasteiger partial charge in [0.15, 0.2) is 0 Å². The molecule has 0 bridgehead atoms. The van der Waals surface area contributed by atoms with Crippen molar-refractivity contribution < 1.29 is 4.74 Å². The zero-order valence-electron chi connectivity index (χ0n) is 15.4. The summed E-state index contributed by atoms with van der Waals surface area (Å²) in [5, 5.41) is 0. The van der Waals surface area contributed by atoms with Crippen LogP contribution in [0.15, 0.2) is 66.7 Å². The largest absolute Gasteiger partial charge is 0.497 e. The van der Waals surface area contributed by atoms with Gasteiger partial charge in [-0.05, 0) is 61.4 Å². The Hall–Kier alpha value is -3.07. The van der Waals surface area contributed by atoms with Crippen LogP contribution in [-0.2, 0) is 6.54 Å². The maximum Gasteiger partial charge on any atom is 0.141 e. The molecule has 0 N–H and O–H groups in total. The first-order chi connectivity index (χ1) is 12.7. The standard InChI is InChI=1S/C23H22N2O/c1-16-8-9-17(2)19(14-16)15-25-22-7-5-4-6-21(22)24-23(25)18-10-12-20(26-3)13-11-18/h4-14H,15H2,1-3H3. The van der Waals surface area contributed by atoms with E-state index in [4.69, 9.17) is 9.72 Å². The molecular formula is C23H22N2O. The molecule has 130 valence electrons. The summed E-state index contributed by atoms with van der Waals surface area (Å²) >= 11 is 0. The van der Waals surface area contributed by atoms with Crippen molar-refractivity contribution in [1.29, 1.82) is 0 Å². The molecule has 0 aliphatic rings. The molecule has 0 atom stereocenters. The fourth-order valence-electron chi connectivity index (χ4n) is 3.34. The summed E-state index contributed by atoms with van der Waals surface area (Å²) < 4.78 is 7.60. The number of methoxy groups -OCH3 is 1. The Morgan fingerprint density at radius 2 is 1.69 bits per heavy atom. The summed E-state index contributed by atoms with van der Waals surface area (Å²) in [6.45, 7) is 5.11. The predicted octanol–water partition coefficient (Wildman–Crippen LogP) is 5.38. The van der Waals surface area contributed by atoms with Gasteiger partial charge in [0.25, 0.3) is 0 Å². The van der Waals surface area contributed by atoms with Crippen molar-refractivity contribution in [2.75, 3.05) is 7.11 Å². The molecule has 0 amide bonds. The number of ether oxygens (including phenoxy) is 1. The monoisotopic (exact) mass is 342 g/mol. The Morgan fingerprint density at radius 3 is 2.46 bits per heavy atom. The first-order valence-corrected chi connectivity index (χ1v) is 8.81. The van der Waals surface area contributed by atoms with Crippen LogP contribution < -0.4 is 4.74 Å². The van der Waals surface area contributed by atoms with Crippen LogP contribution in [-0.4, -0.2) is 16.7 Å². The zero-order valence-corrected chi connectivity index (χ0v) is 15.4. The number of nitrogens with zero attached hydrogens (tertiary/aromatic N) is 2. The van der Waals surface area contributed by atoms with Crippen LogP contribution in [0.4, 0.5) is 0 Å². The van der Waals surface area contributed by atoms with E-state index in [0.29, 0.717) is 0 Å². The van der Waals surface area contributed by atoms with Gasteiger partial charge in [-0.15, -0.1) is 0 Å². The van der Waals surface area contributed by atoms with Crippen LogP contribution in [0, 0.1) is 13.8 Å². The van der Waals surface area contributed by atoms with E-state index in [1.54, 1.807) is 7.11 Å². The number of imidazole rings is 1. The van der Waals surface area contributed by atoms with E-state index in [-0.39, 0.29) is 0 Å². The first kappa shape index (κ1) is 16.4. The third-order valence-electron chi connectivity index (χ3n) is 4.84. The normalized spacial score (nSPS) is 11.0. The van der Waals surface area contributed by atoms with Gasteiger partial charge in [-0.25, -0.2) is 4.98 Å². The van der Waals surface area contributed by atoms with E-state index >= 15 is 0 Å². The van der Waals surface area contributed by atoms with Crippen molar-refractivity contribution in [2.45, 2.75) is 20.4 Å². The van der Waals surface area contributed by atoms with E-state index in [2.05, 4.69) is 66.9 Å². The highest BCUT2D eigenvalue weighted by Crippen LogP contribution is 2.28. The highest BCUT2D eigenvalue weighted by Gasteiger charge is 2.14. The topological polar surface area (TPSA) is 27.1 Å². The quantitative estimate of drug-likeness (QED) is 0.498. The van der Waals surface area contributed by atoms with Gasteiger partial charge in [-0.3, -0.25) is 0 Å². The van der Waals surface area contributed by atoms with Crippen LogP contribution >= 0.6 is 0 Å². The van der Waals surface area contributed by atoms with Gasteiger partial charge in [0.05, 0.1) is 18.1 Å². The molecule has 0 aliphatic carbocycles. The van der Waals surface area contributed by atoms with Crippen LogP contribution in [0.1, 0.15) is 16.7 Å². The molecule has 4 rings (SSSR count). The Kier molecular flexibility index (Phi) is 4.21. The molecule has 3 heteroatoms. The molecule has 3 nitrogen and oxygen atoms in total. The minimum atomic E-state index is 0.801. The van der Waals surface area contributed by atoms with Crippen molar-refractivity contribution >= 4 is 11.0 Å². The van der Waals surface area contributed by atoms with Crippen LogP contribution in [0.3, 0.4) is 0 Å². The second-order valence-electron chi connectivity index (χ2n) is 6.67. The molecule has 0 saturated carbocycles. The number of hydrogen-bond acceptors (Lipinski definition) is 2. The molecule has 0 unspecified atom stereocenters. The number of rotatable bonds is 4. The van der Waals surface area contributed by atoms with Gasteiger partial charge >= 0.3 is 0 Å². The molecule has 0 aliphatic heterocycles. The fraction of sp³-hybridized carbons (Fsp3) is 0.174. The number of benzene rings is 3. The third kappa shape index (κ3) is 2.97. The SMILES string of the molecule is COc1ccc(-c2nc3ccccc3n2Cc2cc(C)ccc2C)cc1. The van der Waals surface area contributed by atoms with Gasteiger partial charge in [0.2, 0.25) is 0 Å². The Morgan fingerprint density at radius 1 is 0.923 bits per heavy atom. The predicted molar refractivity (Wildman–Crippen MR) is 107 cm³/mol. The lowest BCUT2D eigenvalue weighted by atomic mass is 10.1. The summed E-state index contributed by atoms with van der Waals surface area (Å²) in [6.07, 6.45) is 0. The van der Waals surface area contributed by atoms with Crippen molar-refractivity contribution in [2.24, 2.45) is 0 Å². The highest BCUT2D eigenvalue weighted by molar-refractivity contribution is 5.80. The maximum absolute atomic E-state index is 5.29. The smallest absolute Gasteiger partial charge is 0.141 e. The lowest BCUT2D eigenvalue weighted by molar-refractivity contribution is 0.415. The van der Waals surface area contributed by atoms with E-state index < -0.39 is 0 Å². The molecular weight excluding hydrogens is 320 g/mol. The van der Waals surface area contributed by atoms with Gasteiger partial charge in [0.1, 0.15) is 11.6 Å². The van der Waals surface area contributed by atoms with Crippen LogP contribution in [0.25, 0.3) is 22.4 Å². The van der Waals surface area contributed by atoms with E-state index in [9.17, 15) is 0 Å². The Balaban J connectivity index is 1.87. The third-order valence-corrected chi connectivity index (χ3v) is 4.84. The van der Waals surface area contributed by atoms with Gasteiger partial charge < -0.3 is 9.30 Å². The maximum atomic E-state index is 5.29. The molecule has 0 saturated heterocycles. The molecule has 0 fully saturated rings. The summed E-state index contributed by atoms with van der Waals surface area (Å²) in [7, 11) is 1.69.